The fourth-order valence-electron chi connectivity index (χ4n) is 11.6. The molecule has 0 spiro atoms. The van der Waals surface area contributed by atoms with E-state index < -0.39 is 12.1 Å². The lowest BCUT2D eigenvalue weighted by Gasteiger charge is -2.20. The number of ether oxygens (including phenoxy) is 1. The number of amides is 1. The van der Waals surface area contributed by atoms with Crippen LogP contribution in [0.5, 0.6) is 0 Å². The molecule has 0 radical (unpaired) electrons. The van der Waals surface area contributed by atoms with Gasteiger partial charge in [-0.3, -0.25) is 9.59 Å². The zero-order chi connectivity index (χ0) is 57.8. The minimum Gasteiger partial charge on any atom is -0.466 e. The number of esters is 1. The van der Waals surface area contributed by atoms with Gasteiger partial charge in [0, 0.05) is 12.8 Å². The minimum absolute atomic E-state index is 0.00962. The molecule has 474 valence electrons. The Morgan fingerprint density at radius 1 is 0.338 bits per heavy atom. The number of aliphatic hydroxyl groups excluding tert-OH is 2. The monoisotopic (exact) mass is 1130 g/mol. The van der Waals surface area contributed by atoms with Crippen LogP contribution in [0.3, 0.4) is 0 Å². The number of carbonyl (C=O) groups excluding carboxylic acids is 2. The average molecular weight is 1130 g/mol. The number of hydrogen-bond acceptors (Lipinski definition) is 5. The summed E-state index contributed by atoms with van der Waals surface area (Å²) < 4.78 is 5.50. The van der Waals surface area contributed by atoms with Crippen molar-refractivity contribution in [1.29, 1.82) is 0 Å². The van der Waals surface area contributed by atoms with Crippen molar-refractivity contribution in [3.8, 4) is 0 Å². The number of nitrogens with one attached hydrogen (secondary N) is 1. The molecule has 0 rings (SSSR count). The van der Waals surface area contributed by atoms with Crippen molar-refractivity contribution in [2.24, 2.45) is 0 Å². The maximum absolute atomic E-state index is 12.5. The Bertz CT molecular complexity index is 1250. The first-order valence-electron chi connectivity index (χ1n) is 36.6. The molecule has 80 heavy (non-hydrogen) atoms. The van der Waals surface area contributed by atoms with Crippen molar-refractivity contribution in [1.82, 2.24) is 5.32 Å². The average Bonchev–Trinajstić information content (AvgIpc) is 3.46. The van der Waals surface area contributed by atoms with Crippen LogP contribution in [0.15, 0.2) is 24.3 Å². The number of allylic oxidation sites excluding steroid dienone is 3. The summed E-state index contributed by atoms with van der Waals surface area (Å²) in [7, 11) is 0. The van der Waals surface area contributed by atoms with Gasteiger partial charge in [-0.25, -0.2) is 0 Å². The van der Waals surface area contributed by atoms with Gasteiger partial charge in [0.2, 0.25) is 5.91 Å². The van der Waals surface area contributed by atoms with E-state index in [2.05, 4.69) is 31.3 Å². The smallest absolute Gasteiger partial charge is 0.305 e. The maximum Gasteiger partial charge on any atom is 0.305 e. The summed E-state index contributed by atoms with van der Waals surface area (Å²) in [6.45, 7) is 4.94. The molecule has 1 amide bonds. The Balaban J connectivity index is 3.40. The summed E-state index contributed by atoms with van der Waals surface area (Å²) in [6, 6.07) is -0.630. The Kier molecular flexibility index (Phi) is 68.4. The number of hydrogen-bond donors (Lipinski definition) is 3. The van der Waals surface area contributed by atoms with Crippen LogP contribution in [-0.4, -0.2) is 47.4 Å². The van der Waals surface area contributed by atoms with Crippen molar-refractivity contribution in [2.45, 2.75) is 424 Å². The largest absolute Gasteiger partial charge is 0.466 e. The Labute approximate surface area is 501 Å². The standard InChI is InChI=1S/C74H143NO5/c1-3-5-7-9-11-13-15-17-19-21-23-24-25-26-28-31-34-38-42-46-50-54-58-62-66-72(77)71(70-76)75-73(78)67-63-59-55-51-47-43-39-35-32-29-27-30-33-37-41-45-49-53-57-61-65-69-80-74(79)68-64-60-56-52-48-44-40-36-22-20-18-16-14-12-10-8-6-4-2/h20,22,62,66,71-72,76-77H,3-19,21,23-61,63-65,67-70H2,1-2H3,(H,75,78)/b22-20-,66-62+. The second-order valence-electron chi connectivity index (χ2n) is 25.3. The van der Waals surface area contributed by atoms with Crippen LogP contribution in [-0.2, 0) is 14.3 Å². The third-order valence-electron chi connectivity index (χ3n) is 17.2. The van der Waals surface area contributed by atoms with E-state index in [1.807, 2.05) is 6.08 Å². The second-order valence-corrected chi connectivity index (χ2v) is 25.3. The molecular weight excluding hydrogens is 983 g/mol. The van der Waals surface area contributed by atoms with Gasteiger partial charge < -0.3 is 20.3 Å². The third-order valence-corrected chi connectivity index (χ3v) is 17.2. The molecule has 0 heterocycles. The van der Waals surface area contributed by atoms with Gasteiger partial charge in [0.1, 0.15) is 0 Å². The molecule has 6 nitrogen and oxygen atoms in total. The molecular formula is C74H143NO5. The zero-order valence-corrected chi connectivity index (χ0v) is 54.3. The predicted molar refractivity (Wildman–Crippen MR) is 352 cm³/mol. The van der Waals surface area contributed by atoms with Crippen LogP contribution in [0.1, 0.15) is 412 Å². The van der Waals surface area contributed by atoms with Crippen LogP contribution >= 0.6 is 0 Å². The van der Waals surface area contributed by atoms with Crippen LogP contribution in [0.25, 0.3) is 0 Å². The van der Waals surface area contributed by atoms with Crippen molar-refractivity contribution < 1.29 is 24.5 Å². The van der Waals surface area contributed by atoms with Gasteiger partial charge in [0.25, 0.3) is 0 Å². The van der Waals surface area contributed by atoms with E-state index >= 15 is 0 Å². The summed E-state index contributed by atoms with van der Waals surface area (Å²) in [5, 5.41) is 23.3. The molecule has 0 saturated heterocycles. The predicted octanol–water partition coefficient (Wildman–Crippen LogP) is 23.7. The number of aliphatic hydroxyl groups is 2. The van der Waals surface area contributed by atoms with Crippen molar-refractivity contribution in [3.05, 3.63) is 24.3 Å². The van der Waals surface area contributed by atoms with Crippen LogP contribution in [0.2, 0.25) is 0 Å². The highest BCUT2D eigenvalue weighted by atomic mass is 16.5. The molecule has 2 atom stereocenters. The van der Waals surface area contributed by atoms with E-state index in [-0.39, 0.29) is 18.5 Å². The van der Waals surface area contributed by atoms with Gasteiger partial charge in [0.05, 0.1) is 25.4 Å². The minimum atomic E-state index is -0.847. The van der Waals surface area contributed by atoms with E-state index in [0.29, 0.717) is 19.4 Å². The highest BCUT2D eigenvalue weighted by molar-refractivity contribution is 5.76. The molecule has 0 bridgehead atoms. The van der Waals surface area contributed by atoms with Gasteiger partial charge in [-0.15, -0.1) is 0 Å². The first kappa shape index (κ1) is 78.3. The van der Waals surface area contributed by atoms with Crippen LogP contribution < -0.4 is 5.32 Å². The van der Waals surface area contributed by atoms with E-state index in [1.54, 1.807) is 6.08 Å². The maximum atomic E-state index is 12.5. The molecule has 3 N–H and O–H groups in total. The summed E-state index contributed by atoms with van der Waals surface area (Å²) in [6.07, 6.45) is 88.3. The van der Waals surface area contributed by atoms with E-state index in [9.17, 15) is 19.8 Å². The summed E-state index contributed by atoms with van der Waals surface area (Å²) in [5.41, 5.74) is 0. The lowest BCUT2D eigenvalue weighted by atomic mass is 10.0. The SMILES string of the molecule is CCCCCCCCC/C=C\CCCCCCCCCC(=O)OCCCCCCCCCCCCCCCCCCCCCCCC(=O)NC(CO)C(O)/C=C/CCCCCCCCCCCCCCCCCCCCCCCC. The lowest BCUT2D eigenvalue weighted by Crippen LogP contribution is -2.45. The molecule has 0 aromatic rings. The Morgan fingerprint density at radius 3 is 0.887 bits per heavy atom. The number of unbranched alkanes of at least 4 members (excludes halogenated alkanes) is 56. The van der Waals surface area contributed by atoms with Crippen LogP contribution in [0, 0.1) is 0 Å². The molecule has 2 unspecified atom stereocenters. The Hall–Kier alpha value is -1.66. The molecule has 0 saturated carbocycles. The molecule has 0 aromatic carbocycles. The second kappa shape index (κ2) is 69.8. The van der Waals surface area contributed by atoms with Gasteiger partial charge >= 0.3 is 5.97 Å². The summed E-state index contributed by atoms with van der Waals surface area (Å²) in [5.74, 6) is -0.0546. The number of carbonyl (C=O) groups is 2. The molecule has 0 aliphatic rings. The molecule has 6 heteroatoms. The molecule has 0 aromatic heterocycles. The fraction of sp³-hybridized carbons (Fsp3) is 0.919. The van der Waals surface area contributed by atoms with E-state index in [1.165, 1.54) is 340 Å². The topological polar surface area (TPSA) is 95.9 Å². The van der Waals surface area contributed by atoms with Crippen molar-refractivity contribution in [2.75, 3.05) is 13.2 Å². The third kappa shape index (κ3) is 65.5. The lowest BCUT2D eigenvalue weighted by molar-refractivity contribution is -0.143. The van der Waals surface area contributed by atoms with Crippen LogP contribution in [0.4, 0.5) is 0 Å². The first-order chi connectivity index (χ1) is 39.5. The van der Waals surface area contributed by atoms with Gasteiger partial charge in [-0.1, -0.05) is 366 Å². The summed E-state index contributed by atoms with van der Waals surface area (Å²) >= 11 is 0. The number of rotatable bonds is 69. The fourth-order valence-corrected chi connectivity index (χ4v) is 11.6. The van der Waals surface area contributed by atoms with E-state index in [4.69, 9.17) is 4.74 Å². The van der Waals surface area contributed by atoms with Crippen molar-refractivity contribution in [3.63, 3.8) is 0 Å². The van der Waals surface area contributed by atoms with Gasteiger partial charge in [0.15, 0.2) is 0 Å². The van der Waals surface area contributed by atoms with Gasteiger partial charge in [-0.05, 0) is 57.8 Å². The van der Waals surface area contributed by atoms with E-state index in [0.717, 1.165) is 44.9 Å². The summed E-state index contributed by atoms with van der Waals surface area (Å²) in [4.78, 5) is 24.7. The molecule has 0 aliphatic heterocycles. The highest BCUT2D eigenvalue weighted by Crippen LogP contribution is 2.19. The van der Waals surface area contributed by atoms with Crippen molar-refractivity contribution >= 4 is 11.9 Å². The first-order valence-corrected chi connectivity index (χ1v) is 36.6. The normalized spacial score (nSPS) is 12.6. The molecule has 0 fully saturated rings. The highest BCUT2D eigenvalue weighted by Gasteiger charge is 2.18. The zero-order valence-electron chi connectivity index (χ0n) is 54.3. The quantitative estimate of drug-likeness (QED) is 0.0320. The molecule has 0 aliphatic carbocycles. The Morgan fingerprint density at radius 2 is 0.588 bits per heavy atom. The van der Waals surface area contributed by atoms with Gasteiger partial charge in [-0.2, -0.15) is 0 Å².